The van der Waals surface area contributed by atoms with Crippen molar-refractivity contribution >= 4 is 22.9 Å². The molecule has 3 heterocycles. The van der Waals surface area contributed by atoms with Crippen molar-refractivity contribution in [3.8, 4) is 39.9 Å². The van der Waals surface area contributed by atoms with Gasteiger partial charge >= 0.3 is 0 Å². The van der Waals surface area contributed by atoms with Crippen LogP contribution in [0.2, 0.25) is 0 Å². The number of ketones is 1. The van der Waals surface area contributed by atoms with Gasteiger partial charge in [0.05, 0.1) is 0 Å². The lowest BCUT2D eigenvalue weighted by Crippen LogP contribution is -1.98. The van der Waals surface area contributed by atoms with Crippen molar-refractivity contribution in [1.82, 2.24) is 9.55 Å². The summed E-state index contributed by atoms with van der Waals surface area (Å²) in [6, 6.07) is 21.7. The Morgan fingerprint density at radius 1 is 0.972 bits per heavy atom. The number of fused-ring (bicyclic) bond motifs is 2. The van der Waals surface area contributed by atoms with E-state index in [-0.39, 0.29) is 28.6 Å². The molecule has 0 spiro atoms. The van der Waals surface area contributed by atoms with Gasteiger partial charge in [0.1, 0.15) is 40.0 Å². The molecule has 7 heteroatoms. The summed E-state index contributed by atoms with van der Waals surface area (Å²) in [6.07, 6.45) is 5.26. The average molecular weight is 476 g/mol. The van der Waals surface area contributed by atoms with Gasteiger partial charge in [-0.15, -0.1) is 0 Å². The molecule has 176 valence electrons. The standard InChI is InChI=1S/C29H20N2O5/c1-31-16-18(13-25-28(34)27-23(33)14-19(32)15-24(27)36-25)26-22(11-12-30-29(26)31)17-7-9-21(10-8-17)35-20-5-3-2-4-6-20/h2-16,32-33H,1H3. The number of aryl methyl sites for hydroxylation is 1. The van der Waals surface area contributed by atoms with Crippen LogP contribution < -0.4 is 9.47 Å². The number of aromatic nitrogens is 2. The van der Waals surface area contributed by atoms with Crippen molar-refractivity contribution in [1.29, 1.82) is 0 Å². The third kappa shape index (κ3) is 3.63. The van der Waals surface area contributed by atoms with Crippen LogP contribution in [0.15, 0.2) is 90.9 Å². The molecule has 0 saturated carbocycles. The van der Waals surface area contributed by atoms with Crippen molar-refractivity contribution in [2.75, 3.05) is 0 Å². The van der Waals surface area contributed by atoms with Crippen LogP contribution in [0, 0.1) is 0 Å². The van der Waals surface area contributed by atoms with Crippen LogP contribution in [0.25, 0.3) is 28.2 Å². The molecule has 0 amide bonds. The van der Waals surface area contributed by atoms with E-state index < -0.39 is 5.78 Å². The lowest BCUT2D eigenvalue weighted by atomic mass is 10.0. The summed E-state index contributed by atoms with van der Waals surface area (Å²) in [4.78, 5) is 17.5. The van der Waals surface area contributed by atoms with Gasteiger partial charge in [-0.25, -0.2) is 4.98 Å². The minimum Gasteiger partial charge on any atom is -0.508 e. The number of hydrogen-bond acceptors (Lipinski definition) is 6. The second-order valence-corrected chi connectivity index (χ2v) is 8.47. The number of pyridine rings is 1. The molecule has 7 nitrogen and oxygen atoms in total. The van der Waals surface area contributed by atoms with Gasteiger partial charge in [-0.3, -0.25) is 4.79 Å². The van der Waals surface area contributed by atoms with Crippen LogP contribution in [0.5, 0.6) is 28.7 Å². The molecule has 2 aromatic heterocycles. The number of allylic oxidation sites excluding steroid dienone is 1. The van der Waals surface area contributed by atoms with Gasteiger partial charge in [0.25, 0.3) is 0 Å². The maximum atomic E-state index is 12.9. The Hall–Kier alpha value is -5.04. The third-order valence-electron chi connectivity index (χ3n) is 6.05. The number of phenolic OH excluding ortho intramolecular Hbond substituents is 2. The van der Waals surface area contributed by atoms with E-state index >= 15 is 0 Å². The predicted molar refractivity (Wildman–Crippen MR) is 135 cm³/mol. The number of phenols is 2. The minimum absolute atomic E-state index is 0.0339. The number of ether oxygens (including phenoxy) is 2. The summed E-state index contributed by atoms with van der Waals surface area (Å²) >= 11 is 0. The summed E-state index contributed by atoms with van der Waals surface area (Å²) in [7, 11) is 1.88. The average Bonchev–Trinajstić information content (AvgIpc) is 3.36. The Kier molecular flexibility index (Phi) is 4.97. The summed E-state index contributed by atoms with van der Waals surface area (Å²) in [5, 5.41) is 20.7. The maximum Gasteiger partial charge on any atom is 0.235 e. The van der Waals surface area contributed by atoms with Crippen LogP contribution in [-0.2, 0) is 7.05 Å². The molecule has 0 atom stereocenters. The number of hydrogen-bond donors (Lipinski definition) is 2. The van der Waals surface area contributed by atoms with Crippen LogP contribution in [0.4, 0.5) is 0 Å². The van der Waals surface area contributed by atoms with Gasteiger partial charge in [0, 0.05) is 42.5 Å². The summed E-state index contributed by atoms with van der Waals surface area (Å²) in [5.74, 6) is 0.697. The summed E-state index contributed by atoms with van der Waals surface area (Å²) in [5.41, 5.74) is 3.40. The summed E-state index contributed by atoms with van der Waals surface area (Å²) < 4.78 is 13.5. The molecule has 5 aromatic rings. The number of rotatable bonds is 4. The number of nitrogens with zero attached hydrogens (tertiary/aromatic N) is 2. The molecule has 0 saturated heterocycles. The van der Waals surface area contributed by atoms with Crippen molar-refractivity contribution < 1.29 is 24.5 Å². The van der Waals surface area contributed by atoms with Crippen molar-refractivity contribution in [3.05, 3.63) is 102 Å². The van der Waals surface area contributed by atoms with E-state index in [1.165, 1.54) is 6.07 Å². The van der Waals surface area contributed by atoms with Gasteiger partial charge in [-0.05, 0) is 47.5 Å². The molecule has 0 radical (unpaired) electrons. The van der Waals surface area contributed by atoms with Gasteiger partial charge in [0.2, 0.25) is 5.78 Å². The van der Waals surface area contributed by atoms with Crippen LogP contribution in [-0.4, -0.2) is 25.5 Å². The fourth-order valence-corrected chi connectivity index (χ4v) is 4.43. The number of carbonyl (C=O) groups excluding carboxylic acids is 1. The van der Waals surface area contributed by atoms with Gasteiger partial charge < -0.3 is 24.3 Å². The van der Waals surface area contributed by atoms with Gasteiger partial charge in [0.15, 0.2) is 5.76 Å². The largest absolute Gasteiger partial charge is 0.508 e. The maximum absolute atomic E-state index is 12.9. The summed E-state index contributed by atoms with van der Waals surface area (Å²) in [6.45, 7) is 0. The van der Waals surface area contributed by atoms with E-state index in [2.05, 4.69) is 4.98 Å². The van der Waals surface area contributed by atoms with E-state index in [0.29, 0.717) is 0 Å². The first-order valence-corrected chi connectivity index (χ1v) is 11.3. The van der Waals surface area contributed by atoms with E-state index in [0.717, 1.165) is 45.3 Å². The number of aromatic hydroxyl groups is 2. The lowest BCUT2D eigenvalue weighted by molar-refractivity contribution is 0.101. The molecule has 0 fully saturated rings. The van der Waals surface area contributed by atoms with E-state index in [9.17, 15) is 15.0 Å². The number of para-hydroxylation sites is 1. The fourth-order valence-electron chi connectivity index (χ4n) is 4.43. The van der Waals surface area contributed by atoms with Crippen LogP contribution >= 0.6 is 0 Å². The zero-order chi connectivity index (χ0) is 24.8. The van der Waals surface area contributed by atoms with E-state index in [1.807, 2.05) is 78.5 Å². The zero-order valence-corrected chi connectivity index (χ0v) is 19.2. The molecule has 2 N–H and O–H groups in total. The van der Waals surface area contributed by atoms with E-state index in [1.54, 1.807) is 12.3 Å². The molecular formula is C29H20N2O5. The SMILES string of the molecule is Cn1cc(C=C2Oc3cc(O)cc(O)c3C2=O)c2c(-c3ccc(Oc4ccccc4)cc3)ccnc21. The Morgan fingerprint density at radius 3 is 2.50 bits per heavy atom. The molecule has 0 unspecified atom stereocenters. The van der Waals surface area contributed by atoms with E-state index in [4.69, 9.17) is 9.47 Å². The first-order valence-electron chi connectivity index (χ1n) is 11.3. The second-order valence-electron chi connectivity index (χ2n) is 8.47. The highest BCUT2D eigenvalue weighted by Gasteiger charge is 2.31. The molecule has 6 rings (SSSR count). The molecule has 1 aliphatic rings. The Bertz CT molecular complexity index is 1670. The first kappa shape index (κ1) is 21.5. The Labute approximate surface area is 206 Å². The smallest absolute Gasteiger partial charge is 0.235 e. The quantitative estimate of drug-likeness (QED) is 0.306. The van der Waals surface area contributed by atoms with Crippen molar-refractivity contribution in [3.63, 3.8) is 0 Å². The normalized spacial score (nSPS) is 13.7. The topological polar surface area (TPSA) is 93.8 Å². The fraction of sp³-hybridized carbons (Fsp3) is 0.0345. The predicted octanol–water partition coefficient (Wildman–Crippen LogP) is 6.06. The Balaban J connectivity index is 1.40. The molecule has 0 bridgehead atoms. The molecule has 36 heavy (non-hydrogen) atoms. The monoisotopic (exact) mass is 476 g/mol. The highest BCUT2D eigenvalue weighted by molar-refractivity contribution is 6.17. The zero-order valence-electron chi connectivity index (χ0n) is 19.2. The minimum atomic E-state index is -0.452. The lowest BCUT2D eigenvalue weighted by Gasteiger charge is -2.08. The third-order valence-corrected chi connectivity index (χ3v) is 6.05. The molecular weight excluding hydrogens is 456 g/mol. The Morgan fingerprint density at radius 2 is 1.72 bits per heavy atom. The molecule has 3 aromatic carbocycles. The second kappa shape index (κ2) is 8.32. The van der Waals surface area contributed by atoms with Crippen LogP contribution in [0.1, 0.15) is 15.9 Å². The van der Waals surface area contributed by atoms with Gasteiger partial charge in [-0.1, -0.05) is 30.3 Å². The first-order chi connectivity index (χ1) is 17.5. The van der Waals surface area contributed by atoms with Crippen molar-refractivity contribution in [2.45, 2.75) is 0 Å². The number of carbonyl (C=O) groups is 1. The van der Waals surface area contributed by atoms with Crippen molar-refractivity contribution in [2.24, 2.45) is 7.05 Å². The number of benzene rings is 3. The highest BCUT2D eigenvalue weighted by Crippen LogP contribution is 2.41. The molecule has 0 aliphatic carbocycles. The highest BCUT2D eigenvalue weighted by atomic mass is 16.5. The van der Waals surface area contributed by atoms with Gasteiger partial charge in [-0.2, -0.15) is 0 Å². The molecule has 1 aliphatic heterocycles. The number of Topliss-reactive ketones (excluding diaryl/α,β-unsaturated/α-hetero) is 1. The van der Waals surface area contributed by atoms with Crippen LogP contribution in [0.3, 0.4) is 0 Å².